The van der Waals surface area contributed by atoms with Crippen molar-refractivity contribution in [1.29, 1.82) is 0 Å². The van der Waals surface area contributed by atoms with Crippen LogP contribution in [0.1, 0.15) is 15.9 Å². The summed E-state index contributed by atoms with van der Waals surface area (Å²) in [4.78, 5) is 19.5. The number of carbonyl (C=O) groups is 1. The van der Waals surface area contributed by atoms with Crippen LogP contribution in [-0.4, -0.2) is 22.4 Å². The first-order chi connectivity index (χ1) is 8.75. The van der Waals surface area contributed by atoms with Gasteiger partial charge in [0.25, 0.3) is 5.91 Å². The number of amides is 1. The SMILES string of the molecule is O=C(NCCc1ccncc1)c1ccc(Cl)nc1. The van der Waals surface area contributed by atoms with Crippen molar-refractivity contribution in [3.8, 4) is 0 Å². The Balaban J connectivity index is 1.84. The van der Waals surface area contributed by atoms with Crippen LogP contribution in [0.15, 0.2) is 42.9 Å². The molecule has 0 bridgehead atoms. The molecule has 0 aliphatic heterocycles. The van der Waals surface area contributed by atoms with E-state index in [1.807, 2.05) is 12.1 Å². The molecule has 0 atom stereocenters. The van der Waals surface area contributed by atoms with Crippen molar-refractivity contribution < 1.29 is 4.79 Å². The molecule has 0 saturated heterocycles. The van der Waals surface area contributed by atoms with Crippen LogP contribution in [-0.2, 0) is 6.42 Å². The molecule has 2 rings (SSSR count). The molecule has 0 aliphatic rings. The van der Waals surface area contributed by atoms with Crippen molar-refractivity contribution in [2.45, 2.75) is 6.42 Å². The number of rotatable bonds is 4. The summed E-state index contributed by atoms with van der Waals surface area (Å²) in [6.07, 6.45) is 5.71. The monoisotopic (exact) mass is 261 g/mol. The van der Waals surface area contributed by atoms with Gasteiger partial charge < -0.3 is 5.32 Å². The lowest BCUT2D eigenvalue weighted by molar-refractivity contribution is 0.0954. The summed E-state index contributed by atoms with van der Waals surface area (Å²) in [5.74, 6) is -0.145. The normalized spacial score (nSPS) is 10.1. The summed E-state index contributed by atoms with van der Waals surface area (Å²) < 4.78 is 0. The van der Waals surface area contributed by atoms with Gasteiger partial charge in [-0.1, -0.05) is 11.6 Å². The van der Waals surface area contributed by atoms with Gasteiger partial charge in [0.2, 0.25) is 0 Å². The Bertz CT molecular complexity index is 514. The van der Waals surface area contributed by atoms with E-state index >= 15 is 0 Å². The first-order valence-electron chi connectivity index (χ1n) is 5.54. The maximum atomic E-state index is 11.7. The summed E-state index contributed by atoms with van der Waals surface area (Å²) >= 11 is 5.65. The lowest BCUT2D eigenvalue weighted by atomic mass is 10.2. The summed E-state index contributed by atoms with van der Waals surface area (Å²) in [5.41, 5.74) is 1.65. The van der Waals surface area contributed by atoms with Gasteiger partial charge in [-0.15, -0.1) is 0 Å². The number of carbonyl (C=O) groups excluding carboxylic acids is 1. The molecule has 0 fully saturated rings. The molecule has 0 radical (unpaired) electrons. The van der Waals surface area contributed by atoms with Crippen LogP contribution in [0.4, 0.5) is 0 Å². The molecule has 2 aromatic heterocycles. The maximum Gasteiger partial charge on any atom is 0.252 e. The van der Waals surface area contributed by atoms with Gasteiger partial charge in [-0.05, 0) is 36.2 Å². The van der Waals surface area contributed by atoms with E-state index in [0.717, 1.165) is 12.0 Å². The fourth-order valence-corrected chi connectivity index (χ4v) is 1.59. The zero-order valence-electron chi connectivity index (χ0n) is 9.64. The minimum Gasteiger partial charge on any atom is -0.352 e. The Labute approximate surface area is 110 Å². The smallest absolute Gasteiger partial charge is 0.252 e. The highest BCUT2D eigenvalue weighted by molar-refractivity contribution is 6.29. The van der Waals surface area contributed by atoms with Crippen LogP contribution in [0.25, 0.3) is 0 Å². The molecule has 1 N–H and O–H groups in total. The number of hydrogen-bond donors (Lipinski definition) is 1. The van der Waals surface area contributed by atoms with E-state index in [0.29, 0.717) is 17.3 Å². The molecule has 0 aromatic carbocycles. The second-order valence-electron chi connectivity index (χ2n) is 3.73. The van der Waals surface area contributed by atoms with Gasteiger partial charge in [0, 0.05) is 25.1 Å². The maximum absolute atomic E-state index is 11.7. The minimum absolute atomic E-state index is 0.145. The lowest BCUT2D eigenvalue weighted by Crippen LogP contribution is -2.25. The van der Waals surface area contributed by atoms with Gasteiger partial charge in [0.15, 0.2) is 0 Å². The zero-order chi connectivity index (χ0) is 12.8. The van der Waals surface area contributed by atoms with Gasteiger partial charge in [-0.3, -0.25) is 9.78 Å². The number of nitrogens with zero attached hydrogens (tertiary/aromatic N) is 2. The number of aromatic nitrogens is 2. The summed E-state index contributed by atoms with van der Waals surface area (Å²) in [6.45, 7) is 0.575. The average molecular weight is 262 g/mol. The van der Waals surface area contributed by atoms with Crippen LogP contribution >= 0.6 is 11.6 Å². The Kier molecular flexibility index (Phi) is 4.25. The third-order valence-electron chi connectivity index (χ3n) is 2.44. The first-order valence-corrected chi connectivity index (χ1v) is 5.92. The first kappa shape index (κ1) is 12.5. The Hall–Kier alpha value is -1.94. The van der Waals surface area contributed by atoms with E-state index in [-0.39, 0.29) is 5.91 Å². The van der Waals surface area contributed by atoms with Crippen molar-refractivity contribution in [2.24, 2.45) is 0 Å². The largest absolute Gasteiger partial charge is 0.352 e. The molecule has 92 valence electrons. The molecule has 0 aliphatic carbocycles. The highest BCUT2D eigenvalue weighted by Crippen LogP contribution is 2.05. The molecule has 5 heteroatoms. The van der Waals surface area contributed by atoms with Crippen molar-refractivity contribution in [2.75, 3.05) is 6.54 Å². The number of halogens is 1. The van der Waals surface area contributed by atoms with E-state index in [1.165, 1.54) is 6.20 Å². The standard InChI is InChI=1S/C13H12ClN3O/c14-12-2-1-11(9-17-12)13(18)16-8-5-10-3-6-15-7-4-10/h1-4,6-7,9H,5,8H2,(H,16,18). The molecular weight excluding hydrogens is 250 g/mol. The molecule has 2 heterocycles. The van der Waals surface area contributed by atoms with Gasteiger partial charge in [-0.25, -0.2) is 4.98 Å². The summed E-state index contributed by atoms with van der Waals surface area (Å²) in [5, 5.41) is 3.20. The highest BCUT2D eigenvalue weighted by Gasteiger charge is 2.04. The van der Waals surface area contributed by atoms with E-state index in [9.17, 15) is 4.79 Å². The minimum atomic E-state index is -0.145. The fraction of sp³-hybridized carbons (Fsp3) is 0.154. The lowest BCUT2D eigenvalue weighted by Gasteiger charge is -2.05. The van der Waals surface area contributed by atoms with Gasteiger partial charge in [0.05, 0.1) is 5.56 Å². The van der Waals surface area contributed by atoms with E-state index < -0.39 is 0 Å². The zero-order valence-corrected chi connectivity index (χ0v) is 10.4. The number of pyridine rings is 2. The molecule has 2 aromatic rings. The molecule has 0 saturated carbocycles. The second-order valence-corrected chi connectivity index (χ2v) is 4.12. The van der Waals surface area contributed by atoms with Gasteiger partial charge in [0.1, 0.15) is 5.15 Å². The molecule has 18 heavy (non-hydrogen) atoms. The van der Waals surface area contributed by atoms with E-state index in [4.69, 9.17) is 11.6 Å². The Morgan fingerprint density at radius 1 is 1.22 bits per heavy atom. The molecule has 4 nitrogen and oxygen atoms in total. The number of nitrogens with one attached hydrogen (secondary N) is 1. The van der Waals surface area contributed by atoms with E-state index in [2.05, 4.69) is 15.3 Å². The van der Waals surface area contributed by atoms with Crippen LogP contribution in [0.3, 0.4) is 0 Å². The third-order valence-corrected chi connectivity index (χ3v) is 2.66. The summed E-state index contributed by atoms with van der Waals surface area (Å²) in [6, 6.07) is 7.10. The molecule has 0 spiro atoms. The van der Waals surface area contributed by atoms with Crippen LogP contribution in [0.2, 0.25) is 5.15 Å². The van der Waals surface area contributed by atoms with Crippen molar-refractivity contribution in [3.63, 3.8) is 0 Å². The van der Waals surface area contributed by atoms with Gasteiger partial charge >= 0.3 is 0 Å². The Morgan fingerprint density at radius 2 is 2.00 bits per heavy atom. The quantitative estimate of drug-likeness (QED) is 0.858. The summed E-state index contributed by atoms with van der Waals surface area (Å²) in [7, 11) is 0. The number of hydrogen-bond acceptors (Lipinski definition) is 3. The fourth-order valence-electron chi connectivity index (χ4n) is 1.48. The topological polar surface area (TPSA) is 54.9 Å². The molecule has 0 unspecified atom stereocenters. The third kappa shape index (κ3) is 3.53. The highest BCUT2D eigenvalue weighted by atomic mass is 35.5. The van der Waals surface area contributed by atoms with Crippen molar-refractivity contribution in [3.05, 3.63) is 59.1 Å². The predicted molar refractivity (Wildman–Crippen MR) is 69.5 cm³/mol. The van der Waals surface area contributed by atoms with Gasteiger partial charge in [-0.2, -0.15) is 0 Å². The molecular formula is C13H12ClN3O. The Morgan fingerprint density at radius 3 is 2.67 bits per heavy atom. The van der Waals surface area contributed by atoms with Crippen molar-refractivity contribution >= 4 is 17.5 Å². The van der Waals surface area contributed by atoms with Crippen LogP contribution in [0, 0.1) is 0 Å². The second kappa shape index (κ2) is 6.12. The van der Waals surface area contributed by atoms with Crippen molar-refractivity contribution in [1.82, 2.24) is 15.3 Å². The van der Waals surface area contributed by atoms with Crippen LogP contribution < -0.4 is 5.32 Å². The molecule has 1 amide bonds. The van der Waals surface area contributed by atoms with Crippen LogP contribution in [0.5, 0.6) is 0 Å². The average Bonchev–Trinajstić information content (AvgIpc) is 2.40. The predicted octanol–water partition coefficient (Wildman–Crippen LogP) is 2.10. The van der Waals surface area contributed by atoms with E-state index in [1.54, 1.807) is 24.5 Å².